The van der Waals surface area contributed by atoms with Crippen molar-refractivity contribution in [2.24, 2.45) is 5.34 Å². The van der Waals surface area contributed by atoms with E-state index < -0.39 is 0 Å². The number of hydrogen-bond acceptors (Lipinski definition) is 2. The summed E-state index contributed by atoms with van der Waals surface area (Å²) in [6.07, 6.45) is 0. The van der Waals surface area contributed by atoms with Crippen molar-refractivity contribution in [3.05, 3.63) is 12.3 Å². The van der Waals surface area contributed by atoms with Crippen LogP contribution < -0.4 is 29.6 Å². The summed E-state index contributed by atoms with van der Waals surface area (Å²) in [6.45, 7) is 0. The summed E-state index contributed by atoms with van der Waals surface area (Å²) in [7, 11) is 0. The van der Waals surface area contributed by atoms with Crippen LogP contribution in [0.5, 0.6) is 0 Å². The van der Waals surface area contributed by atoms with Crippen molar-refractivity contribution in [3.63, 3.8) is 0 Å². The summed E-state index contributed by atoms with van der Waals surface area (Å²) < 4.78 is 0. The van der Waals surface area contributed by atoms with Crippen molar-refractivity contribution in [2.45, 2.75) is 0 Å². The first kappa shape index (κ1) is 18.2. The molecule has 3 nitrogen and oxygen atoms in total. The quantitative estimate of drug-likeness (QED) is 0.154. The van der Waals surface area contributed by atoms with Crippen LogP contribution in [-0.4, -0.2) is 5.21 Å². The molecule has 0 aromatic heterocycles. The first-order valence-electron chi connectivity index (χ1n) is 0.383. The van der Waals surface area contributed by atoms with Gasteiger partial charge in [0.25, 0.3) is 0 Å². The van der Waals surface area contributed by atoms with Gasteiger partial charge >= 0.3 is 29.6 Å². The molecule has 0 aliphatic heterocycles. The summed E-state index contributed by atoms with van der Waals surface area (Å²) in [6, 6.07) is 0. The van der Waals surface area contributed by atoms with Gasteiger partial charge in [0, 0.05) is 0 Å². The van der Waals surface area contributed by atoms with E-state index in [9.17, 15) is 0 Å². The molecule has 0 aromatic rings. The van der Waals surface area contributed by atoms with Crippen molar-refractivity contribution in [1.29, 1.82) is 0 Å². The van der Waals surface area contributed by atoms with Crippen molar-refractivity contribution in [1.82, 2.24) is 0 Å². The molecular formula is CH4NNaO2. The van der Waals surface area contributed by atoms with Gasteiger partial charge in [0.1, 0.15) is 0 Å². The smallest absolute Gasteiger partial charge is 0.379 e. The molecule has 4 heteroatoms. The fourth-order valence-electron chi connectivity index (χ4n) is 0. The van der Waals surface area contributed by atoms with Crippen molar-refractivity contribution in [2.75, 3.05) is 0 Å². The molecule has 0 saturated carbocycles. The predicted molar refractivity (Wildman–Crippen MR) is 14.0 cm³/mol. The van der Waals surface area contributed by atoms with E-state index in [1.165, 1.54) is 5.34 Å². The van der Waals surface area contributed by atoms with Crippen LogP contribution >= 0.6 is 0 Å². The molecule has 0 rings (SSSR count). The van der Waals surface area contributed by atoms with Crippen LogP contribution in [0, 0.1) is 12.3 Å². The summed E-state index contributed by atoms with van der Waals surface area (Å²) >= 11 is 0. The topological polar surface area (TPSA) is 49.7 Å². The van der Waals surface area contributed by atoms with Crippen LogP contribution in [0.3, 0.4) is 0 Å². The molecule has 0 unspecified atom stereocenters. The van der Waals surface area contributed by atoms with Gasteiger partial charge in [-0.1, -0.05) is 0 Å². The number of nitrogens with zero attached hydrogens (tertiary/aromatic N) is 1. The van der Waals surface area contributed by atoms with Gasteiger partial charge in [-0.3, -0.25) is 0 Å². The minimum atomic E-state index is 0. The molecule has 5 heavy (non-hydrogen) atoms. The predicted octanol–water partition coefficient (Wildman–Crippen LogP) is -2.40. The third kappa shape index (κ3) is 158. The second-order valence-electron chi connectivity index (χ2n) is 0.0816. The Balaban J connectivity index is -0.0000000200. The zero-order chi connectivity index (χ0) is 2.71. The van der Waals surface area contributed by atoms with Crippen LogP contribution in [0.4, 0.5) is 0 Å². The normalized spacial score (nSPS) is 2.40. The minimum Gasteiger partial charge on any atom is -0.379 e. The molecule has 0 atom stereocenters. The van der Waals surface area contributed by atoms with Gasteiger partial charge < -0.3 is 12.6 Å². The molecule has 0 heterocycles. The van der Waals surface area contributed by atoms with Crippen LogP contribution in [-0.2, 0) is 0 Å². The monoisotopic (exact) mass is 85.0 g/mol. The molecule has 0 spiro atoms. The number of rotatable bonds is 0. The zero-order valence-electron chi connectivity index (χ0n) is 3.30. The first-order valence-corrected chi connectivity index (χ1v) is 0.383. The van der Waals surface area contributed by atoms with E-state index in [1.54, 1.807) is 0 Å². The summed E-state index contributed by atoms with van der Waals surface area (Å²) in [5, 5.41) is 7.89. The maximum Gasteiger partial charge on any atom is 1.00 e. The van der Waals surface area contributed by atoms with Gasteiger partial charge in [-0.05, 0) is 0 Å². The third-order valence-electron chi connectivity index (χ3n) is 0. The maximum atomic E-state index is 8.11. The van der Waals surface area contributed by atoms with Crippen molar-refractivity contribution >= 4 is 0 Å². The summed E-state index contributed by atoms with van der Waals surface area (Å²) in [4.78, 5) is 8.11. The molecule has 0 bridgehead atoms. The third-order valence-corrected chi connectivity index (χ3v) is 0. The average molecular weight is 85.0 g/mol. The zero-order valence-corrected chi connectivity index (χ0v) is 5.30. The average Bonchev–Trinajstić information content (AvgIpc) is 0.918. The van der Waals surface area contributed by atoms with Gasteiger partial charge in [-0.2, -0.15) is 0 Å². The Morgan fingerprint density at radius 2 is 1.60 bits per heavy atom. The molecule has 1 N–H and O–H groups in total. The SMILES string of the molecule is O=NO.[CH3-].[Na+]. The Morgan fingerprint density at radius 1 is 1.60 bits per heavy atom. The van der Waals surface area contributed by atoms with Crippen molar-refractivity contribution in [3.8, 4) is 0 Å². The molecule has 26 valence electrons. The Morgan fingerprint density at radius 3 is 1.60 bits per heavy atom. The van der Waals surface area contributed by atoms with E-state index in [0.29, 0.717) is 0 Å². The maximum absolute atomic E-state index is 8.11. The molecule has 0 saturated heterocycles. The van der Waals surface area contributed by atoms with Gasteiger partial charge in [-0.15, -0.1) is 4.91 Å². The fourth-order valence-corrected chi connectivity index (χ4v) is 0. The fraction of sp³-hybridized carbons (Fsp3) is 0. The molecule has 0 aliphatic rings. The molecule has 0 fully saturated rings. The van der Waals surface area contributed by atoms with Gasteiger partial charge in [0.15, 0.2) is 5.34 Å². The van der Waals surface area contributed by atoms with Crippen LogP contribution in [0.15, 0.2) is 5.34 Å². The van der Waals surface area contributed by atoms with E-state index in [0.717, 1.165) is 0 Å². The Labute approximate surface area is 52.6 Å². The first-order chi connectivity index (χ1) is 1.41. The van der Waals surface area contributed by atoms with Crippen LogP contribution in [0.25, 0.3) is 0 Å². The van der Waals surface area contributed by atoms with Gasteiger partial charge in [0.2, 0.25) is 0 Å². The standard InChI is InChI=1S/CH3.HNO2.Na/c;2-1-3;/h1H3;(H,2,3);/q-1;;+1. The second kappa shape index (κ2) is 26.0. The van der Waals surface area contributed by atoms with Gasteiger partial charge in [-0.25, -0.2) is 0 Å². The Kier molecular flexibility index (Phi) is 94.2. The molecule has 0 aliphatic carbocycles. The van der Waals surface area contributed by atoms with E-state index in [4.69, 9.17) is 10.1 Å². The molecule has 0 radical (unpaired) electrons. The number of hydrogen-bond donors (Lipinski definition) is 1. The van der Waals surface area contributed by atoms with E-state index in [1.807, 2.05) is 0 Å². The van der Waals surface area contributed by atoms with E-state index >= 15 is 0 Å². The molecule has 0 aromatic carbocycles. The Bertz CT molecular complexity index is 17.1. The summed E-state index contributed by atoms with van der Waals surface area (Å²) in [5.41, 5.74) is 0. The van der Waals surface area contributed by atoms with Crippen molar-refractivity contribution < 1.29 is 34.8 Å². The molecular weight excluding hydrogens is 81.0 g/mol. The van der Waals surface area contributed by atoms with Crippen LogP contribution in [0.2, 0.25) is 0 Å². The van der Waals surface area contributed by atoms with E-state index in [-0.39, 0.29) is 37.0 Å². The Hall–Kier alpha value is 0.400. The summed E-state index contributed by atoms with van der Waals surface area (Å²) in [5.74, 6) is 0. The minimum absolute atomic E-state index is 0. The van der Waals surface area contributed by atoms with E-state index in [2.05, 4.69) is 0 Å². The second-order valence-corrected chi connectivity index (χ2v) is 0.0816. The largest absolute Gasteiger partial charge is 1.00 e. The van der Waals surface area contributed by atoms with Gasteiger partial charge in [0.05, 0.1) is 0 Å². The molecule has 0 amide bonds. The van der Waals surface area contributed by atoms with Crippen LogP contribution in [0.1, 0.15) is 0 Å².